The van der Waals surface area contributed by atoms with E-state index in [1.807, 2.05) is 26.8 Å². The van der Waals surface area contributed by atoms with Gasteiger partial charge < -0.3 is 14.4 Å². The Labute approximate surface area is 158 Å². The molecule has 1 aromatic rings. The second kappa shape index (κ2) is 8.08. The number of nitrogens with zero attached hydrogens (tertiary/aromatic N) is 1. The highest BCUT2D eigenvalue weighted by Gasteiger charge is 2.21. The summed E-state index contributed by atoms with van der Waals surface area (Å²) in [7, 11) is 1.66. The number of hydrogen-bond donors (Lipinski definition) is 1. The summed E-state index contributed by atoms with van der Waals surface area (Å²) in [6.45, 7) is 11.2. The molecule has 0 aliphatic rings. The minimum Gasteiger partial charge on any atom is -0.444 e. The van der Waals surface area contributed by atoms with Crippen molar-refractivity contribution >= 4 is 33.8 Å². The molecule has 0 heterocycles. The summed E-state index contributed by atoms with van der Waals surface area (Å²) < 4.78 is 11.4. The molecule has 0 unspecified atom stereocenters. The molecule has 0 aromatic heterocycles. The Morgan fingerprint density at radius 1 is 1.08 bits per heavy atom. The highest BCUT2D eigenvalue weighted by molar-refractivity contribution is 9.10. The van der Waals surface area contributed by atoms with E-state index >= 15 is 0 Å². The normalized spacial score (nSPS) is 11.7. The molecule has 0 bridgehead atoms. The Hall–Kier alpha value is -1.76. The molecule has 0 fully saturated rings. The largest absolute Gasteiger partial charge is 0.444 e. The number of hydrogen-bond acceptors (Lipinski definition) is 4. The molecule has 0 spiro atoms. The Kier molecular flexibility index (Phi) is 6.88. The van der Waals surface area contributed by atoms with Gasteiger partial charge in [-0.2, -0.15) is 0 Å². The topological polar surface area (TPSA) is 67.9 Å². The van der Waals surface area contributed by atoms with Crippen LogP contribution in [0.5, 0.6) is 0 Å². The average Bonchev–Trinajstić information content (AvgIpc) is 2.38. The van der Waals surface area contributed by atoms with E-state index in [1.165, 1.54) is 4.90 Å². The molecular formula is C18H27BrN2O4. The molecule has 1 rings (SSSR count). The highest BCUT2D eigenvalue weighted by atomic mass is 79.9. The fourth-order valence-electron chi connectivity index (χ4n) is 1.86. The summed E-state index contributed by atoms with van der Waals surface area (Å²) in [5, 5.41) is 2.69. The van der Waals surface area contributed by atoms with Gasteiger partial charge in [0.25, 0.3) is 0 Å². The fourth-order valence-corrected chi connectivity index (χ4v) is 2.23. The molecule has 25 heavy (non-hydrogen) atoms. The van der Waals surface area contributed by atoms with Crippen LogP contribution in [0.2, 0.25) is 0 Å². The van der Waals surface area contributed by atoms with Crippen molar-refractivity contribution < 1.29 is 19.1 Å². The maximum absolute atomic E-state index is 12.1. The van der Waals surface area contributed by atoms with Gasteiger partial charge in [0.2, 0.25) is 0 Å². The maximum Gasteiger partial charge on any atom is 0.412 e. The van der Waals surface area contributed by atoms with Crippen LogP contribution in [0, 0.1) is 0 Å². The predicted octanol–water partition coefficient (Wildman–Crippen LogP) is 5.16. The smallest absolute Gasteiger partial charge is 0.412 e. The molecule has 140 valence electrons. The van der Waals surface area contributed by atoms with Crippen LogP contribution in [0.15, 0.2) is 22.7 Å². The maximum atomic E-state index is 12.1. The Morgan fingerprint density at radius 2 is 1.64 bits per heavy atom. The first-order valence-electron chi connectivity index (χ1n) is 7.99. The number of nitrogens with one attached hydrogen (secondary N) is 1. The van der Waals surface area contributed by atoms with Crippen LogP contribution in [-0.2, 0) is 16.0 Å². The third-order valence-corrected chi connectivity index (χ3v) is 3.58. The van der Waals surface area contributed by atoms with Crippen LogP contribution >= 0.6 is 15.9 Å². The number of carbonyl (C=O) groups is 2. The van der Waals surface area contributed by atoms with E-state index in [9.17, 15) is 9.59 Å². The molecule has 0 aliphatic carbocycles. The summed E-state index contributed by atoms with van der Waals surface area (Å²) >= 11 is 3.46. The fraction of sp³-hybridized carbons (Fsp3) is 0.556. The van der Waals surface area contributed by atoms with Crippen molar-refractivity contribution in [3.05, 3.63) is 28.2 Å². The van der Waals surface area contributed by atoms with Gasteiger partial charge in [-0.1, -0.05) is 15.9 Å². The Bertz CT molecular complexity index is 633. The second-order valence-electron chi connectivity index (χ2n) is 7.77. The zero-order chi connectivity index (χ0) is 19.4. The SMILES string of the molecule is CN(Cc1cc(NC(=O)OC(C)(C)C)ccc1Br)C(=O)OC(C)(C)C. The zero-order valence-electron chi connectivity index (χ0n) is 15.9. The molecule has 7 heteroatoms. The van der Waals surface area contributed by atoms with Crippen molar-refractivity contribution in [3.8, 4) is 0 Å². The van der Waals surface area contributed by atoms with E-state index in [2.05, 4.69) is 21.2 Å². The lowest BCUT2D eigenvalue weighted by atomic mass is 10.2. The van der Waals surface area contributed by atoms with E-state index in [1.54, 1.807) is 40.0 Å². The summed E-state index contributed by atoms with van der Waals surface area (Å²) in [5.41, 5.74) is 0.300. The van der Waals surface area contributed by atoms with Gasteiger partial charge in [-0.25, -0.2) is 9.59 Å². The minimum absolute atomic E-state index is 0.333. The molecule has 0 saturated heterocycles. The number of carbonyl (C=O) groups excluding carboxylic acids is 2. The standard InChI is InChI=1S/C18H27BrN2O4/c1-17(2,3)24-15(22)20-13-8-9-14(19)12(10-13)11-21(7)16(23)25-18(4,5)6/h8-10H,11H2,1-7H3,(H,20,22). The van der Waals surface area contributed by atoms with Crippen molar-refractivity contribution in [2.75, 3.05) is 12.4 Å². The van der Waals surface area contributed by atoms with Crippen LogP contribution in [0.4, 0.5) is 15.3 Å². The van der Waals surface area contributed by atoms with Gasteiger partial charge in [0, 0.05) is 23.8 Å². The third kappa shape index (κ3) is 8.25. The van der Waals surface area contributed by atoms with E-state index in [4.69, 9.17) is 9.47 Å². The van der Waals surface area contributed by atoms with Crippen molar-refractivity contribution in [1.29, 1.82) is 0 Å². The zero-order valence-corrected chi connectivity index (χ0v) is 17.5. The molecular weight excluding hydrogens is 388 g/mol. The van der Waals surface area contributed by atoms with Crippen LogP contribution < -0.4 is 5.32 Å². The molecule has 1 aromatic carbocycles. The summed E-state index contributed by atoms with van der Waals surface area (Å²) in [5.74, 6) is 0. The number of halogens is 1. The lowest BCUT2D eigenvalue weighted by molar-refractivity contribution is 0.0284. The van der Waals surface area contributed by atoms with Crippen LogP contribution in [0.25, 0.3) is 0 Å². The highest BCUT2D eigenvalue weighted by Crippen LogP contribution is 2.23. The third-order valence-electron chi connectivity index (χ3n) is 2.80. The van der Waals surface area contributed by atoms with E-state index in [0.29, 0.717) is 12.2 Å². The molecule has 0 atom stereocenters. The van der Waals surface area contributed by atoms with Gasteiger partial charge in [0.05, 0.1) is 0 Å². The first-order chi connectivity index (χ1) is 11.3. The van der Waals surface area contributed by atoms with Gasteiger partial charge in [-0.15, -0.1) is 0 Å². The van der Waals surface area contributed by atoms with Crippen LogP contribution in [-0.4, -0.2) is 35.3 Å². The van der Waals surface area contributed by atoms with Gasteiger partial charge in [-0.05, 0) is 65.3 Å². The molecule has 1 N–H and O–H groups in total. The van der Waals surface area contributed by atoms with Crippen molar-refractivity contribution in [2.24, 2.45) is 0 Å². The van der Waals surface area contributed by atoms with Gasteiger partial charge in [-0.3, -0.25) is 5.32 Å². The van der Waals surface area contributed by atoms with Gasteiger partial charge in [0.15, 0.2) is 0 Å². The number of ether oxygens (including phenoxy) is 2. The van der Waals surface area contributed by atoms with E-state index in [-0.39, 0.29) is 0 Å². The molecule has 6 nitrogen and oxygen atoms in total. The van der Waals surface area contributed by atoms with E-state index in [0.717, 1.165) is 10.0 Å². The first kappa shape index (κ1) is 21.3. The van der Waals surface area contributed by atoms with Gasteiger partial charge >= 0.3 is 12.2 Å². The summed E-state index contributed by atoms with van der Waals surface area (Å²) in [6, 6.07) is 5.35. The molecule has 2 amide bonds. The van der Waals surface area contributed by atoms with Crippen molar-refractivity contribution in [2.45, 2.75) is 59.3 Å². The number of benzene rings is 1. The number of anilines is 1. The van der Waals surface area contributed by atoms with Crippen molar-refractivity contribution in [3.63, 3.8) is 0 Å². The van der Waals surface area contributed by atoms with Gasteiger partial charge in [0.1, 0.15) is 11.2 Å². The number of amides is 2. The number of rotatable bonds is 3. The quantitative estimate of drug-likeness (QED) is 0.740. The predicted molar refractivity (Wildman–Crippen MR) is 102 cm³/mol. The summed E-state index contributed by atoms with van der Waals surface area (Å²) in [6.07, 6.45) is -0.939. The molecule has 0 saturated carbocycles. The average molecular weight is 415 g/mol. The van der Waals surface area contributed by atoms with Crippen LogP contribution in [0.1, 0.15) is 47.1 Å². The lowest BCUT2D eigenvalue weighted by Gasteiger charge is -2.25. The Morgan fingerprint density at radius 3 is 2.16 bits per heavy atom. The summed E-state index contributed by atoms with van der Waals surface area (Å²) in [4.78, 5) is 25.4. The second-order valence-corrected chi connectivity index (χ2v) is 8.62. The van der Waals surface area contributed by atoms with Crippen LogP contribution in [0.3, 0.4) is 0 Å². The lowest BCUT2D eigenvalue weighted by Crippen LogP contribution is -2.33. The first-order valence-corrected chi connectivity index (χ1v) is 8.79. The minimum atomic E-state index is -0.570. The van der Waals surface area contributed by atoms with Crippen molar-refractivity contribution in [1.82, 2.24) is 4.90 Å². The molecule has 0 aliphatic heterocycles. The Balaban J connectivity index is 2.81. The van der Waals surface area contributed by atoms with E-state index < -0.39 is 23.4 Å². The monoisotopic (exact) mass is 414 g/mol. The molecule has 0 radical (unpaired) electrons.